The van der Waals surface area contributed by atoms with Gasteiger partial charge >= 0.3 is 0 Å². The first-order chi connectivity index (χ1) is 12.2. The van der Waals surface area contributed by atoms with Gasteiger partial charge in [-0.15, -0.1) is 0 Å². The second-order valence-corrected chi connectivity index (χ2v) is 5.15. The third-order valence-electron chi connectivity index (χ3n) is 3.62. The van der Waals surface area contributed by atoms with Crippen LogP contribution in [0.3, 0.4) is 0 Å². The van der Waals surface area contributed by atoms with Crippen molar-refractivity contribution in [3.05, 3.63) is 88.0 Å². The van der Waals surface area contributed by atoms with Gasteiger partial charge in [0.15, 0.2) is 0 Å². The topological polar surface area (TPSA) is 173 Å². The summed E-state index contributed by atoms with van der Waals surface area (Å²) >= 11 is 0. The second-order valence-electron chi connectivity index (χ2n) is 5.15. The molecule has 0 atom stereocenters. The summed E-state index contributed by atoms with van der Waals surface area (Å²) in [6.45, 7) is 0. The van der Waals surface area contributed by atoms with Crippen LogP contribution < -0.4 is 0 Å². The molecule has 0 aromatic heterocycles. The second kappa shape index (κ2) is 7.29. The molecule has 2 aromatic rings. The minimum atomic E-state index is -0.771. The highest BCUT2D eigenvalue weighted by Crippen LogP contribution is 2.29. The average Bonchev–Trinajstić information content (AvgIpc) is 2.59. The van der Waals surface area contributed by atoms with Crippen molar-refractivity contribution in [1.82, 2.24) is 0 Å². The van der Waals surface area contributed by atoms with Crippen LogP contribution in [0.15, 0.2) is 36.4 Å². The molecule has 2 rings (SSSR count). The fourth-order valence-corrected chi connectivity index (χ4v) is 2.36. The molecule has 12 heteroatoms. The number of nitro groups is 4. The number of rotatable bonds is 7. The summed E-state index contributed by atoms with van der Waals surface area (Å²) in [5, 5.41) is 43.7. The fourth-order valence-electron chi connectivity index (χ4n) is 2.36. The Kier molecular flexibility index (Phi) is 5.15. The van der Waals surface area contributed by atoms with E-state index in [9.17, 15) is 40.5 Å². The minimum Gasteiger partial charge on any atom is -0.258 e. The van der Waals surface area contributed by atoms with Crippen LogP contribution in [-0.4, -0.2) is 19.7 Å². The monoisotopic (exact) mass is 362 g/mol. The quantitative estimate of drug-likeness (QED) is 0.533. The summed E-state index contributed by atoms with van der Waals surface area (Å²) in [4.78, 5) is 40.6. The Morgan fingerprint density at radius 2 is 0.923 bits per heavy atom. The van der Waals surface area contributed by atoms with Gasteiger partial charge in [-0.1, -0.05) is 0 Å². The Labute approximate surface area is 144 Å². The lowest BCUT2D eigenvalue weighted by molar-refractivity contribution is -0.395. The van der Waals surface area contributed by atoms with Gasteiger partial charge in [-0.3, -0.25) is 40.5 Å². The number of nitrogens with zero attached hydrogens (tertiary/aromatic N) is 4. The Balaban J connectivity index is 2.34. The molecule has 0 bridgehead atoms. The molecule has 0 N–H and O–H groups in total. The van der Waals surface area contributed by atoms with Gasteiger partial charge in [0.05, 0.1) is 31.8 Å². The number of hydrogen-bond donors (Lipinski definition) is 0. The SMILES string of the molecule is O=[N+]([O-])c1ccc(CCc2ccc([N+](=O)[O-])cc2[N+](=O)[O-])c([N+](=O)[O-])c1. The summed E-state index contributed by atoms with van der Waals surface area (Å²) in [5.74, 6) is 0. The van der Waals surface area contributed by atoms with Gasteiger partial charge in [-0.25, -0.2) is 0 Å². The molecule has 0 aliphatic carbocycles. The molecule has 0 aliphatic heterocycles. The summed E-state index contributed by atoms with van der Waals surface area (Å²) in [6.07, 6.45) is -0.0140. The van der Waals surface area contributed by atoms with Crippen molar-refractivity contribution in [1.29, 1.82) is 0 Å². The van der Waals surface area contributed by atoms with E-state index >= 15 is 0 Å². The lowest BCUT2D eigenvalue weighted by Gasteiger charge is -2.05. The molecule has 134 valence electrons. The van der Waals surface area contributed by atoms with Crippen molar-refractivity contribution in [2.24, 2.45) is 0 Å². The number of non-ortho nitro benzene ring substituents is 2. The van der Waals surface area contributed by atoms with Gasteiger partial charge in [0, 0.05) is 23.3 Å². The zero-order valence-corrected chi connectivity index (χ0v) is 12.9. The van der Waals surface area contributed by atoms with E-state index in [4.69, 9.17) is 0 Å². The molecule has 0 heterocycles. The molecule has 0 aliphatic rings. The Morgan fingerprint density at radius 3 is 1.19 bits per heavy atom. The highest BCUT2D eigenvalue weighted by molar-refractivity contribution is 5.52. The summed E-state index contributed by atoms with van der Waals surface area (Å²) in [6, 6.07) is 6.28. The molecule has 26 heavy (non-hydrogen) atoms. The van der Waals surface area contributed by atoms with Gasteiger partial charge < -0.3 is 0 Å². The van der Waals surface area contributed by atoms with Crippen molar-refractivity contribution in [3.8, 4) is 0 Å². The van der Waals surface area contributed by atoms with E-state index in [1.807, 2.05) is 0 Å². The van der Waals surface area contributed by atoms with Crippen LogP contribution in [0.4, 0.5) is 22.7 Å². The predicted molar refractivity (Wildman–Crippen MR) is 86.9 cm³/mol. The van der Waals surface area contributed by atoms with Crippen molar-refractivity contribution in [2.45, 2.75) is 12.8 Å². The highest BCUT2D eigenvalue weighted by atomic mass is 16.6. The number of hydrogen-bond acceptors (Lipinski definition) is 8. The third-order valence-corrected chi connectivity index (χ3v) is 3.62. The van der Waals surface area contributed by atoms with E-state index in [1.165, 1.54) is 12.1 Å². The lowest BCUT2D eigenvalue weighted by Crippen LogP contribution is -2.02. The van der Waals surface area contributed by atoms with Gasteiger partial charge in [-0.2, -0.15) is 0 Å². The van der Waals surface area contributed by atoms with Crippen LogP contribution in [-0.2, 0) is 12.8 Å². The summed E-state index contributed by atoms with van der Waals surface area (Å²) < 4.78 is 0. The maximum atomic E-state index is 11.1. The van der Waals surface area contributed by atoms with Crippen molar-refractivity contribution < 1.29 is 19.7 Å². The van der Waals surface area contributed by atoms with Crippen molar-refractivity contribution in [2.75, 3.05) is 0 Å². The zero-order chi connectivity index (χ0) is 19.4. The van der Waals surface area contributed by atoms with E-state index in [-0.39, 0.29) is 24.0 Å². The third kappa shape index (κ3) is 3.92. The van der Waals surface area contributed by atoms with Crippen LogP contribution in [0.1, 0.15) is 11.1 Å². The minimum absolute atomic E-state index is 0.00699. The first kappa shape index (κ1) is 18.4. The molecule has 0 saturated carbocycles. The summed E-state index contributed by atoms with van der Waals surface area (Å²) in [7, 11) is 0. The lowest BCUT2D eigenvalue weighted by atomic mass is 10.0. The van der Waals surface area contributed by atoms with Crippen LogP contribution in [0.2, 0.25) is 0 Å². The number of aryl methyl sites for hydroxylation is 2. The molecule has 12 nitrogen and oxygen atoms in total. The van der Waals surface area contributed by atoms with Gasteiger partial charge in [0.25, 0.3) is 22.7 Å². The summed E-state index contributed by atoms with van der Waals surface area (Å²) in [5.41, 5.74) is -1.50. The molecule has 2 aromatic carbocycles. The van der Waals surface area contributed by atoms with E-state index in [1.54, 1.807) is 0 Å². The largest absolute Gasteiger partial charge is 0.279 e. The standard InChI is InChI=1S/C14H10N4O8/c19-15(20)11-5-3-9(13(7-11)17(23)24)1-2-10-4-6-12(16(21)22)8-14(10)18(25)26/h3-8H,1-2H2. The average molecular weight is 362 g/mol. The van der Waals surface area contributed by atoms with Crippen molar-refractivity contribution >= 4 is 22.7 Å². The molecule has 0 amide bonds. The van der Waals surface area contributed by atoms with Gasteiger partial charge in [0.2, 0.25) is 0 Å². The van der Waals surface area contributed by atoms with Gasteiger partial charge in [-0.05, 0) is 25.0 Å². The van der Waals surface area contributed by atoms with E-state index < -0.39 is 42.4 Å². The van der Waals surface area contributed by atoms with Crippen LogP contribution in [0, 0.1) is 40.5 Å². The van der Waals surface area contributed by atoms with E-state index in [0.29, 0.717) is 0 Å². The van der Waals surface area contributed by atoms with Crippen LogP contribution >= 0.6 is 0 Å². The molecule has 0 saturated heterocycles. The normalized spacial score (nSPS) is 10.3. The molecule has 0 unspecified atom stereocenters. The molecule has 0 spiro atoms. The maximum Gasteiger partial charge on any atom is 0.279 e. The van der Waals surface area contributed by atoms with E-state index in [2.05, 4.69) is 0 Å². The Bertz CT molecular complexity index is 852. The maximum absolute atomic E-state index is 11.1. The first-order valence-corrected chi connectivity index (χ1v) is 7.04. The molecular weight excluding hydrogens is 352 g/mol. The fraction of sp³-hybridized carbons (Fsp3) is 0.143. The van der Waals surface area contributed by atoms with Crippen LogP contribution in [0.25, 0.3) is 0 Å². The Hall–Kier alpha value is -3.96. The highest BCUT2D eigenvalue weighted by Gasteiger charge is 2.22. The number of nitro benzene ring substituents is 4. The smallest absolute Gasteiger partial charge is 0.258 e. The molecular formula is C14H10N4O8. The molecule has 0 fully saturated rings. The van der Waals surface area contributed by atoms with Crippen molar-refractivity contribution in [3.63, 3.8) is 0 Å². The first-order valence-electron chi connectivity index (χ1n) is 7.04. The van der Waals surface area contributed by atoms with Crippen LogP contribution in [0.5, 0.6) is 0 Å². The van der Waals surface area contributed by atoms with Gasteiger partial charge in [0.1, 0.15) is 0 Å². The zero-order valence-electron chi connectivity index (χ0n) is 12.9. The number of benzene rings is 2. The predicted octanol–water partition coefficient (Wildman–Crippen LogP) is 3.10. The Morgan fingerprint density at radius 1 is 0.577 bits per heavy atom. The molecule has 0 radical (unpaired) electrons. The van der Waals surface area contributed by atoms with E-state index in [0.717, 1.165) is 24.3 Å².